The quantitative estimate of drug-likeness (QED) is 0.652. The van der Waals surface area contributed by atoms with E-state index in [1.807, 2.05) is 0 Å². The van der Waals surface area contributed by atoms with Gasteiger partial charge in [-0.2, -0.15) is 0 Å². The van der Waals surface area contributed by atoms with Crippen LogP contribution in [-0.2, 0) is 9.59 Å². The fourth-order valence-electron chi connectivity index (χ4n) is 2.47. The predicted octanol–water partition coefficient (Wildman–Crippen LogP) is 3.85. The van der Waals surface area contributed by atoms with E-state index in [9.17, 15) is 19.1 Å². The van der Waals surface area contributed by atoms with E-state index >= 15 is 0 Å². The fourth-order valence-corrected chi connectivity index (χ4v) is 3.78. The van der Waals surface area contributed by atoms with Crippen molar-refractivity contribution in [2.24, 2.45) is 0 Å². The van der Waals surface area contributed by atoms with Gasteiger partial charge in [-0.3, -0.25) is 9.69 Å². The molecule has 7 heteroatoms. The Labute approximate surface area is 153 Å². The minimum atomic E-state index is -1.22. The summed E-state index contributed by atoms with van der Waals surface area (Å²) in [4.78, 5) is 25.7. The molecule has 4 nitrogen and oxygen atoms in total. The zero-order valence-corrected chi connectivity index (χ0v) is 14.4. The van der Waals surface area contributed by atoms with E-state index in [1.54, 1.807) is 42.5 Å². The summed E-state index contributed by atoms with van der Waals surface area (Å²) in [5, 5.41) is 9.60. The highest BCUT2D eigenvalue weighted by Gasteiger charge is 2.41. The summed E-state index contributed by atoms with van der Waals surface area (Å²) in [6.07, 6.45) is 1.39. The molecule has 1 saturated heterocycles. The molecule has 0 aromatic heterocycles. The molecule has 0 aliphatic carbocycles. The van der Waals surface area contributed by atoms with Gasteiger partial charge in [0, 0.05) is 5.56 Å². The molecule has 2 aromatic carbocycles. The van der Waals surface area contributed by atoms with E-state index in [2.05, 4.69) is 0 Å². The van der Waals surface area contributed by atoms with Crippen LogP contribution in [0.25, 0.3) is 6.08 Å². The summed E-state index contributed by atoms with van der Waals surface area (Å²) >= 11 is 6.17. The lowest BCUT2D eigenvalue weighted by Crippen LogP contribution is -2.37. The van der Waals surface area contributed by atoms with Gasteiger partial charge in [-0.05, 0) is 17.7 Å². The standard InChI is InChI=1S/C18H12FNO3S2/c19-13-9-5-4-8-12(13)10-14-16(21)20(18(24)25-14)15(17(22)23)11-6-2-1-3-7-11/h1-10,15H,(H,22,23)/b14-10-/t15-/m0/s1. The van der Waals surface area contributed by atoms with Crippen LogP contribution in [-0.4, -0.2) is 26.2 Å². The molecule has 0 spiro atoms. The number of thiocarbonyl (C=S) groups is 1. The van der Waals surface area contributed by atoms with Crippen LogP contribution < -0.4 is 0 Å². The largest absolute Gasteiger partial charge is 0.479 e. The molecule has 0 bridgehead atoms. The summed E-state index contributed by atoms with van der Waals surface area (Å²) in [6, 6.07) is 13.2. The highest BCUT2D eigenvalue weighted by Crippen LogP contribution is 2.38. The first-order valence-electron chi connectivity index (χ1n) is 7.28. The molecule has 0 unspecified atom stereocenters. The number of carboxylic acids is 1. The summed E-state index contributed by atoms with van der Waals surface area (Å²) < 4.78 is 13.9. The summed E-state index contributed by atoms with van der Waals surface area (Å²) in [5.41, 5.74) is 0.688. The molecule has 1 aliphatic heterocycles. The maximum atomic E-state index is 13.8. The molecule has 126 valence electrons. The molecule has 1 fully saturated rings. The van der Waals surface area contributed by atoms with Gasteiger partial charge >= 0.3 is 5.97 Å². The summed E-state index contributed by atoms with van der Waals surface area (Å²) in [5.74, 6) is -2.20. The molecule has 1 N–H and O–H groups in total. The van der Waals surface area contributed by atoms with Crippen LogP contribution >= 0.6 is 24.0 Å². The van der Waals surface area contributed by atoms with Gasteiger partial charge in [-0.25, -0.2) is 9.18 Å². The number of amides is 1. The van der Waals surface area contributed by atoms with Crippen LogP contribution in [0.1, 0.15) is 17.2 Å². The molecule has 2 aromatic rings. The van der Waals surface area contributed by atoms with Crippen LogP contribution in [0.3, 0.4) is 0 Å². The van der Waals surface area contributed by atoms with E-state index in [-0.39, 0.29) is 14.8 Å². The van der Waals surface area contributed by atoms with Gasteiger partial charge in [-0.15, -0.1) is 0 Å². The zero-order chi connectivity index (χ0) is 18.0. The minimum Gasteiger partial charge on any atom is -0.479 e. The third-order valence-corrected chi connectivity index (χ3v) is 4.95. The van der Waals surface area contributed by atoms with Gasteiger partial charge in [0.1, 0.15) is 10.1 Å². The average molecular weight is 373 g/mol. The van der Waals surface area contributed by atoms with Crippen molar-refractivity contribution in [2.45, 2.75) is 6.04 Å². The Balaban J connectivity index is 1.98. The number of thioether (sulfide) groups is 1. The van der Waals surface area contributed by atoms with Crippen LogP contribution in [0, 0.1) is 5.82 Å². The molecule has 0 radical (unpaired) electrons. The molecule has 1 amide bonds. The van der Waals surface area contributed by atoms with E-state index in [1.165, 1.54) is 18.2 Å². The number of hydrogen-bond donors (Lipinski definition) is 1. The second-order valence-corrected chi connectivity index (χ2v) is 6.90. The van der Waals surface area contributed by atoms with Crippen LogP contribution in [0.15, 0.2) is 59.5 Å². The lowest BCUT2D eigenvalue weighted by atomic mass is 10.1. The van der Waals surface area contributed by atoms with Crippen molar-refractivity contribution in [1.82, 2.24) is 4.90 Å². The van der Waals surface area contributed by atoms with Crippen molar-refractivity contribution in [2.75, 3.05) is 0 Å². The van der Waals surface area contributed by atoms with Crippen molar-refractivity contribution < 1.29 is 19.1 Å². The molecular weight excluding hydrogens is 361 g/mol. The third-order valence-electron chi connectivity index (χ3n) is 3.62. The topological polar surface area (TPSA) is 57.6 Å². The molecule has 1 atom stereocenters. The van der Waals surface area contributed by atoms with E-state index < -0.39 is 23.7 Å². The minimum absolute atomic E-state index is 0.129. The molecule has 25 heavy (non-hydrogen) atoms. The number of nitrogens with zero attached hydrogens (tertiary/aromatic N) is 1. The molecule has 1 heterocycles. The van der Waals surface area contributed by atoms with Gasteiger partial charge in [0.05, 0.1) is 4.91 Å². The van der Waals surface area contributed by atoms with Gasteiger partial charge < -0.3 is 5.11 Å². The Morgan fingerprint density at radius 3 is 2.44 bits per heavy atom. The lowest BCUT2D eigenvalue weighted by molar-refractivity contribution is -0.145. The van der Waals surface area contributed by atoms with E-state index in [4.69, 9.17) is 12.2 Å². The Hall–Kier alpha value is -2.51. The SMILES string of the molecule is O=C(O)[C@H](c1ccccc1)N1C(=O)/C(=C/c2ccccc2F)SC1=S. The van der Waals surface area contributed by atoms with Crippen molar-refractivity contribution in [3.05, 3.63) is 76.4 Å². The number of carbonyl (C=O) groups is 2. The Bertz CT molecular complexity index is 883. The van der Waals surface area contributed by atoms with Crippen LogP contribution in [0.2, 0.25) is 0 Å². The van der Waals surface area contributed by atoms with E-state index in [0.29, 0.717) is 5.56 Å². The van der Waals surface area contributed by atoms with Gasteiger partial charge in [0.2, 0.25) is 0 Å². The maximum Gasteiger partial charge on any atom is 0.331 e. The van der Waals surface area contributed by atoms with Crippen LogP contribution in [0.5, 0.6) is 0 Å². The van der Waals surface area contributed by atoms with Gasteiger partial charge in [0.25, 0.3) is 5.91 Å². The number of carbonyl (C=O) groups excluding carboxylic acids is 1. The van der Waals surface area contributed by atoms with Crippen molar-refractivity contribution in [3.8, 4) is 0 Å². The van der Waals surface area contributed by atoms with Crippen LogP contribution in [0.4, 0.5) is 4.39 Å². The first-order valence-corrected chi connectivity index (χ1v) is 8.51. The number of aliphatic carboxylic acids is 1. The highest BCUT2D eigenvalue weighted by molar-refractivity contribution is 8.26. The molecule has 1 aliphatic rings. The Kier molecular flexibility index (Phi) is 4.96. The molecule has 3 rings (SSSR count). The van der Waals surface area contributed by atoms with E-state index in [0.717, 1.165) is 16.7 Å². The summed E-state index contributed by atoms with van der Waals surface area (Å²) in [7, 11) is 0. The molecule has 0 saturated carbocycles. The first-order chi connectivity index (χ1) is 12.0. The number of halogens is 1. The lowest BCUT2D eigenvalue weighted by Gasteiger charge is -2.23. The second-order valence-electron chi connectivity index (χ2n) is 5.22. The van der Waals surface area contributed by atoms with Crippen molar-refractivity contribution in [1.29, 1.82) is 0 Å². The maximum absolute atomic E-state index is 13.8. The van der Waals surface area contributed by atoms with Crippen molar-refractivity contribution >= 4 is 46.3 Å². The van der Waals surface area contributed by atoms with Crippen molar-refractivity contribution in [3.63, 3.8) is 0 Å². The zero-order valence-electron chi connectivity index (χ0n) is 12.8. The normalized spacial score (nSPS) is 17.2. The number of hydrogen-bond acceptors (Lipinski definition) is 4. The number of rotatable bonds is 4. The highest BCUT2D eigenvalue weighted by atomic mass is 32.2. The second kappa shape index (κ2) is 7.16. The number of benzene rings is 2. The summed E-state index contributed by atoms with van der Waals surface area (Å²) in [6.45, 7) is 0. The smallest absolute Gasteiger partial charge is 0.331 e. The average Bonchev–Trinajstić information content (AvgIpc) is 2.86. The van der Waals surface area contributed by atoms with Gasteiger partial charge in [0.15, 0.2) is 6.04 Å². The first kappa shape index (κ1) is 17.3. The van der Waals surface area contributed by atoms with Gasteiger partial charge in [-0.1, -0.05) is 72.5 Å². The fraction of sp³-hybridized carbons (Fsp3) is 0.0556. The number of carboxylic acid groups (broad SMARTS) is 1. The Morgan fingerprint density at radius 1 is 1.16 bits per heavy atom. The Morgan fingerprint density at radius 2 is 1.80 bits per heavy atom. The molecular formula is C18H12FNO3S2. The monoisotopic (exact) mass is 373 g/mol. The third kappa shape index (κ3) is 3.47. The predicted molar refractivity (Wildman–Crippen MR) is 98.2 cm³/mol.